The Morgan fingerprint density at radius 2 is 1.97 bits per heavy atom. The van der Waals surface area contributed by atoms with Crippen LogP contribution in [0.25, 0.3) is 10.9 Å². The first-order valence-corrected chi connectivity index (χ1v) is 10.1. The van der Waals surface area contributed by atoms with Crippen molar-refractivity contribution in [3.8, 4) is 5.75 Å². The lowest BCUT2D eigenvalue weighted by atomic mass is 10.1. The minimum absolute atomic E-state index is 0.00881. The van der Waals surface area contributed by atoms with Crippen LogP contribution in [0.3, 0.4) is 0 Å². The van der Waals surface area contributed by atoms with Gasteiger partial charge in [-0.3, -0.25) is 4.79 Å². The molecule has 2 heterocycles. The number of benzene rings is 2. The Morgan fingerprint density at radius 1 is 1.12 bits per heavy atom. The number of aromatic nitrogens is 1. The summed E-state index contributed by atoms with van der Waals surface area (Å²) in [6, 6.07) is 15.9. The number of nitrogens with one attached hydrogen (secondary N) is 2. The van der Waals surface area contributed by atoms with Gasteiger partial charge in [0.05, 0.1) is 31.6 Å². The molecule has 0 saturated carbocycles. The number of aromatic amines is 1. The molecule has 0 spiro atoms. The lowest BCUT2D eigenvalue weighted by molar-refractivity contribution is 0.201. The molecule has 0 saturated heterocycles. The van der Waals surface area contributed by atoms with Gasteiger partial charge in [0.25, 0.3) is 5.56 Å². The number of ether oxygens (including phenoxy) is 1. The number of fused-ring (bicyclic) bond motifs is 1. The summed E-state index contributed by atoms with van der Waals surface area (Å²) in [7, 11) is 0. The maximum atomic E-state index is 14.0. The monoisotopic (exact) mass is 435 g/mol. The Balaban J connectivity index is 1.64. The molecule has 0 unspecified atom stereocenters. The number of halogens is 1. The third-order valence-electron chi connectivity index (χ3n) is 4.89. The minimum atomic E-state index is -0.561. The molecule has 164 valence electrons. The highest BCUT2D eigenvalue weighted by molar-refractivity contribution is 5.89. The van der Waals surface area contributed by atoms with Gasteiger partial charge >= 0.3 is 6.03 Å². The molecule has 4 aromatic rings. The maximum Gasteiger partial charge on any atom is 0.322 e. The van der Waals surface area contributed by atoms with Crippen molar-refractivity contribution < 1.29 is 18.3 Å². The predicted molar refractivity (Wildman–Crippen MR) is 119 cm³/mol. The molecule has 2 aromatic heterocycles. The van der Waals surface area contributed by atoms with Gasteiger partial charge in [0.15, 0.2) is 0 Å². The summed E-state index contributed by atoms with van der Waals surface area (Å²) < 4.78 is 24.9. The molecule has 4 rings (SSSR count). The quantitative estimate of drug-likeness (QED) is 0.433. The Morgan fingerprint density at radius 3 is 2.72 bits per heavy atom. The fourth-order valence-corrected chi connectivity index (χ4v) is 3.36. The molecular weight excluding hydrogens is 413 g/mol. The number of pyridine rings is 1. The van der Waals surface area contributed by atoms with E-state index >= 15 is 0 Å². The average Bonchev–Trinajstić information content (AvgIpc) is 3.29. The Bertz CT molecular complexity index is 1280. The van der Waals surface area contributed by atoms with Gasteiger partial charge in [-0.25, -0.2) is 9.18 Å². The SMILES string of the molecule is CCOc1ccc2[nH]c(=O)c(CN(Cc3ccco3)C(=O)Nc3ccccc3F)cc2c1. The van der Waals surface area contributed by atoms with Gasteiger partial charge in [-0.1, -0.05) is 12.1 Å². The van der Waals surface area contributed by atoms with Crippen molar-refractivity contribution in [1.82, 2.24) is 9.88 Å². The number of amides is 2. The number of nitrogens with zero attached hydrogens (tertiary/aromatic N) is 1. The van der Waals surface area contributed by atoms with Crippen molar-refractivity contribution >= 4 is 22.6 Å². The van der Waals surface area contributed by atoms with Gasteiger partial charge < -0.3 is 24.4 Å². The van der Waals surface area contributed by atoms with Crippen LogP contribution >= 0.6 is 0 Å². The van der Waals surface area contributed by atoms with Crippen molar-refractivity contribution in [3.63, 3.8) is 0 Å². The molecule has 0 bridgehead atoms. The molecule has 32 heavy (non-hydrogen) atoms. The average molecular weight is 435 g/mol. The van der Waals surface area contributed by atoms with Crippen molar-refractivity contribution in [2.45, 2.75) is 20.0 Å². The van der Waals surface area contributed by atoms with Gasteiger partial charge in [-0.05, 0) is 55.5 Å². The number of urea groups is 1. The van der Waals surface area contributed by atoms with Gasteiger partial charge in [0.1, 0.15) is 17.3 Å². The molecule has 8 heteroatoms. The van der Waals surface area contributed by atoms with Gasteiger partial charge in [0, 0.05) is 16.5 Å². The summed E-state index contributed by atoms with van der Waals surface area (Å²) in [5, 5.41) is 3.34. The fraction of sp³-hybridized carbons (Fsp3) is 0.167. The lowest BCUT2D eigenvalue weighted by Gasteiger charge is -2.22. The minimum Gasteiger partial charge on any atom is -0.494 e. The predicted octanol–water partition coefficient (Wildman–Crippen LogP) is 4.89. The summed E-state index contributed by atoms with van der Waals surface area (Å²) >= 11 is 0. The summed E-state index contributed by atoms with van der Waals surface area (Å²) in [6.07, 6.45) is 1.50. The second kappa shape index (κ2) is 9.38. The van der Waals surface area contributed by atoms with E-state index in [1.54, 1.807) is 36.4 Å². The van der Waals surface area contributed by atoms with Crippen LogP contribution < -0.4 is 15.6 Å². The van der Waals surface area contributed by atoms with E-state index in [1.165, 1.54) is 29.4 Å². The largest absolute Gasteiger partial charge is 0.494 e. The fourth-order valence-electron chi connectivity index (χ4n) is 3.36. The van der Waals surface area contributed by atoms with E-state index in [0.717, 1.165) is 5.39 Å². The highest BCUT2D eigenvalue weighted by atomic mass is 19.1. The highest BCUT2D eigenvalue weighted by Gasteiger charge is 2.19. The number of carbonyl (C=O) groups excluding carboxylic acids is 1. The Kier molecular flexibility index (Phi) is 6.21. The molecule has 0 aliphatic rings. The number of hydrogen-bond donors (Lipinski definition) is 2. The van der Waals surface area contributed by atoms with E-state index in [4.69, 9.17) is 9.15 Å². The zero-order chi connectivity index (χ0) is 22.5. The zero-order valence-corrected chi connectivity index (χ0v) is 17.4. The number of carbonyl (C=O) groups is 1. The number of H-pyrrole nitrogens is 1. The van der Waals surface area contributed by atoms with Gasteiger partial charge in [-0.2, -0.15) is 0 Å². The normalized spacial score (nSPS) is 10.8. The summed E-state index contributed by atoms with van der Waals surface area (Å²) in [5.41, 5.74) is 0.775. The summed E-state index contributed by atoms with van der Waals surface area (Å²) in [6.45, 7) is 2.51. The smallest absolute Gasteiger partial charge is 0.322 e. The van der Waals surface area contributed by atoms with Crippen LogP contribution in [-0.4, -0.2) is 22.5 Å². The number of anilines is 1. The van der Waals surface area contributed by atoms with Gasteiger partial charge in [-0.15, -0.1) is 0 Å². The topological polar surface area (TPSA) is 87.6 Å². The molecule has 2 amide bonds. The van der Waals surface area contributed by atoms with E-state index in [1.807, 2.05) is 13.0 Å². The van der Waals surface area contributed by atoms with Crippen LogP contribution in [0.15, 0.2) is 76.1 Å². The van der Waals surface area contributed by atoms with E-state index in [2.05, 4.69) is 10.3 Å². The van der Waals surface area contributed by atoms with Crippen LogP contribution in [0.1, 0.15) is 18.2 Å². The molecule has 0 fully saturated rings. The van der Waals surface area contributed by atoms with E-state index in [0.29, 0.717) is 29.2 Å². The van der Waals surface area contributed by atoms with Crippen LogP contribution in [0.2, 0.25) is 0 Å². The first-order chi connectivity index (χ1) is 15.5. The first kappa shape index (κ1) is 21.2. The van der Waals surface area contributed by atoms with E-state index in [-0.39, 0.29) is 24.3 Å². The van der Waals surface area contributed by atoms with Crippen LogP contribution in [0, 0.1) is 5.82 Å². The van der Waals surface area contributed by atoms with Crippen LogP contribution in [-0.2, 0) is 13.1 Å². The lowest BCUT2D eigenvalue weighted by Crippen LogP contribution is -2.35. The zero-order valence-electron chi connectivity index (χ0n) is 17.4. The van der Waals surface area contributed by atoms with E-state index in [9.17, 15) is 14.0 Å². The van der Waals surface area contributed by atoms with Crippen molar-refractivity contribution in [1.29, 1.82) is 0 Å². The van der Waals surface area contributed by atoms with Crippen LogP contribution in [0.5, 0.6) is 5.75 Å². The second-order valence-corrected chi connectivity index (χ2v) is 7.15. The third-order valence-corrected chi connectivity index (χ3v) is 4.89. The molecule has 7 nitrogen and oxygen atoms in total. The Labute approximate surface area is 183 Å². The second-order valence-electron chi connectivity index (χ2n) is 7.15. The summed E-state index contributed by atoms with van der Waals surface area (Å²) in [4.78, 5) is 29.9. The molecule has 2 aromatic carbocycles. The number of furan rings is 1. The summed E-state index contributed by atoms with van der Waals surface area (Å²) in [5.74, 6) is 0.665. The first-order valence-electron chi connectivity index (χ1n) is 10.1. The number of rotatable bonds is 7. The standard InChI is InChI=1S/C24H22FN3O4/c1-2-31-18-9-10-21-16(13-18)12-17(23(29)26-21)14-28(15-19-6-5-11-32-19)24(30)27-22-8-4-3-7-20(22)25/h3-13H,2,14-15H2,1H3,(H,26,29)(H,27,30). The molecule has 2 N–H and O–H groups in total. The number of para-hydroxylation sites is 1. The molecule has 0 aliphatic heterocycles. The van der Waals surface area contributed by atoms with E-state index < -0.39 is 11.8 Å². The third kappa shape index (κ3) is 4.80. The Hall–Kier alpha value is -4.07. The van der Waals surface area contributed by atoms with Crippen molar-refractivity contribution in [2.75, 3.05) is 11.9 Å². The highest BCUT2D eigenvalue weighted by Crippen LogP contribution is 2.21. The maximum absolute atomic E-state index is 14.0. The molecule has 0 atom stereocenters. The van der Waals surface area contributed by atoms with Crippen molar-refractivity contribution in [2.24, 2.45) is 0 Å². The number of hydrogen-bond acceptors (Lipinski definition) is 4. The molecular formula is C24H22FN3O4. The molecule has 0 radical (unpaired) electrons. The van der Waals surface area contributed by atoms with Gasteiger partial charge in [0.2, 0.25) is 0 Å². The molecule has 0 aliphatic carbocycles. The van der Waals surface area contributed by atoms with Crippen molar-refractivity contribution in [3.05, 3.63) is 94.4 Å². The van der Waals surface area contributed by atoms with Crippen LogP contribution in [0.4, 0.5) is 14.9 Å².